The van der Waals surface area contributed by atoms with E-state index < -0.39 is 0 Å². The largest absolute Gasteiger partial charge is 0.492 e. The van der Waals surface area contributed by atoms with Crippen LogP contribution in [0.4, 0.5) is 11.4 Å². The standard InChI is InChI=1S/C15H14BrN3O/c16-12-7-11(10-17)8-14(9-12)19-5-6-20-15-3-1-13(18)2-4-15/h1-4,7-9,19H,5-6,18H2. The van der Waals surface area contributed by atoms with E-state index in [1.165, 1.54) is 0 Å². The average Bonchev–Trinajstić information content (AvgIpc) is 2.45. The van der Waals surface area contributed by atoms with Crippen LogP contribution in [0.15, 0.2) is 46.9 Å². The van der Waals surface area contributed by atoms with Gasteiger partial charge in [-0.3, -0.25) is 0 Å². The molecule has 0 heterocycles. The summed E-state index contributed by atoms with van der Waals surface area (Å²) in [7, 11) is 0. The van der Waals surface area contributed by atoms with Gasteiger partial charge in [0.2, 0.25) is 0 Å². The van der Waals surface area contributed by atoms with Crippen molar-refractivity contribution >= 4 is 27.3 Å². The Morgan fingerprint density at radius 2 is 1.95 bits per heavy atom. The maximum atomic E-state index is 8.90. The van der Waals surface area contributed by atoms with Gasteiger partial charge >= 0.3 is 0 Å². The Morgan fingerprint density at radius 3 is 2.65 bits per heavy atom. The number of ether oxygens (including phenoxy) is 1. The number of rotatable bonds is 5. The normalized spacial score (nSPS) is 9.80. The minimum atomic E-state index is 0.526. The fourth-order valence-corrected chi connectivity index (χ4v) is 2.18. The second-order valence-electron chi connectivity index (χ2n) is 4.18. The predicted octanol–water partition coefficient (Wildman–Crippen LogP) is 3.39. The highest BCUT2D eigenvalue weighted by Gasteiger charge is 1.99. The Morgan fingerprint density at radius 1 is 1.20 bits per heavy atom. The van der Waals surface area contributed by atoms with Crippen LogP contribution in [0.3, 0.4) is 0 Å². The Hall–Kier alpha value is -2.19. The van der Waals surface area contributed by atoms with Crippen LogP contribution >= 0.6 is 15.9 Å². The van der Waals surface area contributed by atoms with Gasteiger partial charge in [-0.2, -0.15) is 5.26 Å². The molecule has 0 atom stereocenters. The first-order valence-corrected chi connectivity index (χ1v) is 6.89. The van der Waals surface area contributed by atoms with Crippen LogP contribution in [0.1, 0.15) is 5.56 Å². The van der Waals surface area contributed by atoms with E-state index in [1.807, 2.05) is 18.2 Å². The molecule has 4 nitrogen and oxygen atoms in total. The van der Waals surface area contributed by atoms with Crippen molar-refractivity contribution in [2.45, 2.75) is 0 Å². The zero-order valence-corrected chi connectivity index (χ0v) is 12.4. The molecule has 102 valence electrons. The lowest BCUT2D eigenvalue weighted by Crippen LogP contribution is -2.11. The van der Waals surface area contributed by atoms with Gasteiger partial charge in [0.05, 0.1) is 11.6 Å². The van der Waals surface area contributed by atoms with Crippen LogP contribution in [0.25, 0.3) is 0 Å². The lowest BCUT2D eigenvalue weighted by molar-refractivity contribution is 0.333. The molecular weight excluding hydrogens is 318 g/mol. The smallest absolute Gasteiger partial charge is 0.119 e. The van der Waals surface area contributed by atoms with Crippen molar-refractivity contribution in [1.82, 2.24) is 0 Å². The van der Waals surface area contributed by atoms with Crippen molar-refractivity contribution in [3.8, 4) is 11.8 Å². The van der Waals surface area contributed by atoms with E-state index >= 15 is 0 Å². The average molecular weight is 332 g/mol. The summed E-state index contributed by atoms with van der Waals surface area (Å²) < 4.78 is 6.45. The third kappa shape index (κ3) is 4.18. The van der Waals surface area contributed by atoms with Crippen molar-refractivity contribution in [3.63, 3.8) is 0 Å². The molecule has 20 heavy (non-hydrogen) atoms. The molecule has 0 aromatic heterocycles. The zero-order chi connectivity index (χ0) is 14.4. The maximum Gasteiger partial charge on any atom is 0.119 e. The lowest BCUT2D eigenvalue weighted by Gasteiger charge is -2.09. The fourth-order valence-electron chi connectivity index (χ4n) is 1.68. The molecule has 5 heteroatoms. The molecule has 3 N–H and O–H groups in total. The quantitative estimate of drug-likeness (QED) is 0.650. The molecule has 0 bridgehead atoms. The molecule has 0 aliphatic carbocycles. The highest BCUT2D eigenvalue weighted by molar-refractivity contribution is 9.10. The molecule has 2 rings (SSSR count). The number of nitrogens with two attached hydrogens (primary N) is 1. The minimum Gasteiger partial charge on any atom is -0.492 e. The van der Waals surface area contributed by atoms with Gasteiger partial charge in [0.15, 0.2) is 0 Å². The first-order chi connectivity index (χ1) is 9.67. The molecule has 0 saturated carbocycles. The highest BCUT2D eigenvalue weighted by atomic mass is 79.9. The van der Waals surface area contributed by atoms with Crippen molar-refractivity contribution in [2.24, 2.45) is 0 Å². The molecule has 0 aliphatic rings. The molecular formula is C15H14BrN3O. The Labute approximate surface area is 126 Å². The van der Waals surface area contributed by atoms with Crippen molar-refractivity contribution in [3.05, 3.63) is 52.5 Å². The monoisotopic (exact) mass is 331 g/mol. The number of benzene rings is 2. The number of nitriles is 1. The number of halogens is 1. The van der Waals surface area contributed by atoms with Gasteiger partial charge in [-0.05, 0) is 42.5 Å². The van der Waals surface area contributed by atoms with Crippen molar-refractivity contribution in [1.29, 1.82) is 5.26 Å². The summed E-state index contributed by atoms with van der Waals surface area (Å²) in [6.45, 7) is 1.17. The van der Waals surface area contributed by atoms with Gasteiger partial charge in [0, 0.05) is 22.4 Å². The summed E-state index contributed by atoms with van der Waals surface area (Å²) in [6, 6.07) is 14.9. The molecule has 0 radical (unpaired) electrons. The maximum absolute atomic E-state index is 8.90. The van der Waals surface area contributed by atoms with Crippen LogP contribution < -0.4 is 15.8 Å². The summed E-state index contributed by atoms with van der Waals surface area (Å²) in [6.07, 6.45) is 0. The lowest BCUT2D eigenvalue weighted by atomic mass is 10.2. The molecule has 0 spiro atoms. The van der Waals surface area contributed by atoms with Crippen LogP contribution in [0, 0.1) is 11.3 Å². The Bertz CT molecular complexity index is 620. The number of anilines is 2. The number of hydrogen-bond donors (Lipinski definition) is 2. The predicted molar refractivity (Wildman–Crippen MR) is 83.7 cm³/mol. The summed E-state index contributed by atoms with van der Waals surface area (Å²) in [5.41, 5.74) is 7.81. The minimum absolute atomic E-state index is 0.526. The Kier molecular flexibility index (Phi) is 4.85. The second kappa shape index (κ2) is 6.83. The number of hydrogen-bond acceptors (Lipinski definition) is 4. The van der Waals surface area contributed by atoms with E-state index in [2.05, 4.69) is 27.3 Å². The molecule has 0 saturated heterocycles. The van der Waals surface area contributed by atoms with Gasteiger partial charge in [-0.1, -0.05) is 15.9 Å². The number of nitrogen functional groups attached to an aromatic ring is 1. The molecule has 2 aromatic rings. The van der Waals surface area contributed by atoms with Gasteiger partial charge < -0.3 is 15.8 Å². The van der Waals surface area contributed by atoms with Gasteiger partial charge in [-0.15, -0.1) is 0 Å². The highest BCUT2D eigenvalue weighted by Crippen LogP contribution is 2.19. The van der Waals surface area contributed by atoms with Gasteiger partial charge in [0.25, 0.3) is 0 Å². The summed E-state index contributed by atoms with van der Waals surface area (Å²) in [4.78, 5) is 0. The van der Waals surface area contributed by atoms with Crippen LogP contribution in [0.2, 0.25) is 0 Å². The van der Waals surface area contributed by atoms with E-state index in [0.29, 0.717) is 24.4 Å². The first-order valence-electron chi connectivity index (χ1n) is 6.10. The topological polar surface area (TPSA) is 71.1 Å². The summed E-state index contributed by atoms with van der Waals surface area (Å²) >= 11 is 3.37. The van der Waals surface area contributed by atoms with Crippen molar-refractivity contribution < 1.29 is 4.74 Å². The number of nitrogens with zero attached hydrogens (tertiary/aromatic N) is 1. The van der Waals surface area contributed by atoms with Gasteiger partial charge in [-0.25, -0.2) is 0 Å². The van der Waals surface area contributed by atoms with E-state index in [9.17, 15) is 0 Å². The second-order valence-corrected chi connectivity index (χ2v) is 5.10. The fraction of sp³-hybridized carbons (Fsp3) is 0.133. The first kappa shape index (κ1) is 14.2. The third-order valence-electron chi connectivity index (χ3n) is 2.61. The third-order valence-corrected chi connectivity index (χ3v) is 3.06. The Balaban J connectivity index is 1.83. The molecule has 0 unspecified atom stereocenters. The SMILES string of the molecule is N#Cc1cc(Br)cc(NCCOc2ccc(N)cc2)c1. The van der Waals surface area contributed by atoms with Crippen LogP contribution in [-0.2, 0) is 0 Å². The number of nitrogens with one attached hydrogen (secondary N) is 1. The molecule has 0 amide bonds. The molecule has 0 aliphatic heterocycles. The summed E-state index contributed by atoms with van der Waals surface area (Å²) in [5, 5.41) is 12.1. The zero-order valence-electron chi connectivity index (χ0n) is 10.8. The van der Waals surface area contributed by atoms with Crippen LogP contribution in [-0.4, -0.2) is 13.2 Å². The van der Waals surface area contributed by atoms with Crippen molar-refractivity contribution in [2.75, 3.05) is 24.2 Å². The molecule has 0 fully saturated rings. The van der Waals surface area contributed by atoms with E-state index in [0.717, 1.165) is 15.9 Å². The summed E-state index contributed by atoms with van der Waals surface area (Å²) in [5.74, 6) is 0.785. The molecule has 2 aromatic carbocycles. The van der Waals surface area contributed by atoms with Gasteiger partial charge in [0.1, 0.15) is 12.4 Å². The van der Waals surface area contributed by atoms with E-state index in [1.54, 1.807) is 24.3 Å². The van der Waals surface area contributed by atoms with Crippen LogP contribution in [0.5, 0.6) is 5.75 Å². The van der Waals surface area contributed by atoms with E-state index in [4.69, 9.17) is 15.7 Å². The van der Waals surface area contributed by atoms with E-state index in [-0.39, 0.29) is 0 Å².